The first-order valence-corrected chi connectivity index (χ1v) is 7.08. The Hall–Kier alpha value is -0.320. The zero-order chi connectivity index (χ0) is 12.8. The lowest BCUT2D eigenvalue weighted by Crippen LogP contribution is -2.23. The van der Waals surface area contributed by atoms with Gasteiger partial charge >= 0.3 is 0 Å². The van der Waals surface area contributed by atoms with E-state index in [1.807, 2.05) is 6.07 Å². The van der Waals surface area contributed by atoms with Crippen molar-refractivity contribution < 1.29 is 0 Å². The molecule has 0 atom stereocenters. The fourth-order valence-corrected chi connectivity index (χ4v) is 2.42. The minimum atomic E-state index is 0.838. The second kappa shape index (κ2) is 7.19. The molecular formula is C13H22N2S2. The van der Waals surface area contributed by atoms with E-state index in [1.54, 1.807) is 0 Å². The molecule has 0 aromatic heterocycles. The van der Waals surface area contributed by atoms with Crippen LogP contribution in [0.25, 0.3) is 0 Å². The molecule has 0 aliphatic heterocycles. The lowest BCUT2D eigenvalue weighted by molar-refractivity contribution is 0.327. The first-order chi connectivity index (χ1) is 8.06. The van der Waals surface area contributed by atoms with Gasteiger partial charge in [0.15, 0.2) is 0 Å². The van der Waals surface area contributed by atoms with Gasteiger partial charge in [-0.3, -0.25) is 0 Å². The monoisotopic (exact) mass is 270 g/mol. The molecule has 0 spiro atoms. The van der Waals surface area contributed by atoms with Gasteiger partial charge in [-0.15, -0.1) is 0 Å². The highest BCUT2D eigenvalue weighted by Gasteiger charge is 2.07. The molecule has 1 aromatic rings. The van der Waals surface area contributed by atoms with Gasteiger partial charge in [-0.25, -0.2) is 0 Å². The highest BCUT2D eigenvalue weighted by Crippen LogP contribution is 2.21. The smallest absolute Gasteiger partial charge is 0.0792 e. The standard InChI is InChI=1S/C13H22N2S2/c1-4-7-14(2)8-5-6-9-15(3)11-10-12(16)13(11)17/h10H,4-9H2,1-3H3. The van der Waals surface area contributed by atoms with Crippen molar-refractivity contribution in [3.63, 3.8) is 0 Å². The number of anilines is 1. The second-order valence-electron chi connectivity index (χ2n) is 4.65. The summed E-state index contributed by atoms with van der Waals surface area (Å²) in [5.41, 5.74) is 1.15. The molecule has 0 radical (unpaired) electrons. The van der Waals surface area contributed by atoms with E-state index in [4.69, 9.17) is 24.4 Å². The summed E-state index contributed by atoms with van der Waals surface area (Å²) >= 11 is 10.2. The number of unbranched alkanes of at least 4 members (excludes halogenated alkanes) is 1. The highest BCUT2D eigenvalue weighted by molar-refractivity contribution is 7.74. The average Bonchev–Trinajstić information content (AvgIpc) is 2.31. The maximum absolute atomic E-state index is 5.20. The average molecular weight is 270 g/mol. The molecule has 0 N–H and O–H groups in total. The quantitative estimate of drug-likeness (QED) is 0.526. The minimum Gasteiger partial charge on any atom is -0.373 e. The Labute approximate surface area is 115 Å². The van der Waals surface area contributed by atoms with Crippen LogP contribution in [0.3, 0.4) is 0 Å². The van der Waals surface area contributed by atoms with Crippen LogP contribution in [0.15, 0.2) is 6.07 Å². The molecule has 0 bridgehead atoms. The minimum absolute atomic E-state index is 0.838. The Kier molecular flexibility index (Phi) is 6.23. The number of hydrogen-bond donors (Lipinski definition) is 0. The van der Waals surface area contributed by atoms with Crippen molar-refractivity contribution in [2.75, 3.05) is 38.6 Å². The van der Waals surface area contributed by atoms with Crippen molar-refractivity contribution in [3.8, 4) is 0 Å². The highest BCUT2D eigenvalue weighted by atomic mass is 32.1. The third-order valence-corrected chi connectivity index (χ3v) is 3.90. The van der Waals surface area contributed by atoms with Gasteiger partial charge in [-0.05, 0) is 45.5 Å². The van der Waals surface area contributed by atoms with Crippen LogP contribution >= 0.6 is 24.4 Å². The maximum atomic E-state index is 5.20. The molecule has 0 amide bonds. The van der Waals surface area contributed by atoms with E-state index in [0.29, 0.717) is 0 Å². The van der Waals surface area contributed by atoms with Crippen molar-refractivity contribution in [2.45, 2.75) is 26.2 Å². The summed E-state index contributed by atoms with van der Waals surface area (Å²) in [6.45, 7) is 5.66. The second-order valence-corrected chi connectivity index (χ2v) is 5.50. The molecular weight excluding hydrogens is 248 g/mol. The normalized spacial score (nSPS) is 11.3. The van der Waals surface area contributed by atoms with Crippen molar-refractivity contribution >= 4 is 30.1 Å². The van der Waals surface area contributed by atoms with E-state index in [1.165, 1.54) is 32.4 Å². The van der Waals surface area contributed by atoms with Gasteiger partial charge in [-0.2, -0.15) is 0 Å². The van der Waals surface area contributed by atoms with E-state index in [0.717, 1.165) is 21.3 Å². The van der Waals surface area contributed by atoms with Gasteiger partial charge in [0, 0.05) is 13.6 Å². The predicted octanol–water partition coefficient (Wildman–Crippen LogP) is 3.58. The van der Waals surface area contributed by atoms with Gasteiger partial charge in [0.05, 0.1) is 14.7 Å². The van der Waals surface area contributed by atoms with Crippen LogP contribution < -0.4 is 4.90 Å². The van der Waals surface area contributed by atoms with Crippen LogP contribution in [0.5, 0.6) is 0 Å². The third kappa shape index (κ3) is 4.45. The first-order valence-electron chi connectivity index (χ1n) is 6.26. The molecule has 17 heavy (non-hydrogen) atoms. The molecule has 0 saturated carbocycles. The largest absolute Gasteiger partial charge is 0.373 e. The third-order valence-electron chi connectivity index (χ3n) is 3.02. The summed E-state index contributed by atoms with van der Waals surface area (Å²) in [4.78, 5) is 4.61. The van der Waals surface area contributed by atoms with E-state index in [2.05, 4.69) is 30.8 Å². The van der Waals surface area contributed by atoms with Crippen LogP contribution in [0.2, 0.25) is 0 Å². The van der Waals surface area contributed by atoms with Gasteiger partial charge in [0.1, 0.15) is 0 Å². The van der Waals surface area contributed by atoms with E-state index in [9.17, 15) is 0 Å². The predicted molar refractivity (Wildman–Crippen MR) is 80.8 cm³/mol. The maximum Gasteiger partial charge on any atom is 0.0792 e. The molecule has 96 valence electrons. The van der Waals surface area contributed by atoms with Crippen LogP contribution in [0, 0.1) is 9.02 Å². The van der Waals surface area contributed by atoms with Crippen molar-refractivity contribution in [3.05, 3.63) is 15.1 Å². The van der Waals surface area contributed by atoms with Gasteiger partial charge < -0.3 is 9.80 Å². The zero-order valence-corrected chi connectivity index (χ0v) is 12.7. The van der Waals surface area contributed by atoms with E-state index < -0.39 is 0 Å². The molecule has 1 aromatic carbocycles. The Morgan fingerprint density at radius 2 is 1.71 bits per heavy atom. The zero-order valence-electron chi connectivity index (χ0n) is 11.0. The summed E-state index contributed by atoms with van der Waals surface area (Å²) in [7, 11) is 4.28. The van der Waals surface area contributed by atoms with Crippen LogP contribution in [0.1, 0.15) is 26.2 Å². The SMILES string of the molecule is CCCN(C)CCCCN(C)c1cc(=S)c1=S. The summed E-state index contributed by atoms with van der Waals surface area (Å²) in [5.74, 6) is 0. The molecule has 4 heteroatoms. The summed E-state index contributed by atoms with van der Waals surface area (Å²) in [6.07, 6.45) is 3.68. The molecule has 0 unspecified atom stereocenters. The number of hydrogen-bond acceptors (Lipinski definition) is 4. The lowest BCUT2D eigenvalue weighted by Gasteiger charge is -2.22. The molecule has 0 saturated heterocycles. The summed E-state index contributed by atoms with van der Waals surface area (Å²) < 4.78 is 1.70. The molecule has 1 rings (SSSR count). The molecule has 0 heterocycles. The molecule has 0 aliphatic carbocycles. The Morgan fingerprint density at radius 3 is 2.24 bits per heavy atom. The lowest BCUT2D eigenvalue weighted by atomic mass is 10.2. The molecule has 0 aliphatic rings. The fourth-order valence-electron chi connectivity index (χ4n) is 1.93. The van der Waals surface area contributed by atoms with Crippen LogP contribution in [-0.2, 0) is 0 Å². The summed E-state index contributed by atoms with van der Waals surface area (Å²) in [6, 6.07) is 2.00. The van der Waals surface area contributed by atoms with Gasteiger partial charge in [-0.1, -0.05) is 31.4 Å². The van der Waals surface area contributed by atoms with Crippen molar-refractivity contribution in [1.82, 2.24) is 4.90 Å². The van der Waals surface area contributed by atoms with E-state index >= 15 is 0 Å². The fraction of sp³-hybridized carbons (Fsp3) is 0.692. The van der Waals surface area contributed by atoms with E-state index in [-0.39, 0.29) is 0 Å². The van der Waals surface area contributed by atoms with Gasteiger partial charge in [0.25, 0.3) is 0 Å². The van der Waals surface area contributed by atoms with Crippen LogP contribution in [-0.4, -0.2) is 38.6 Å². The van der Waals surface area contributed by atoms with Crippen LogP contribution in [0.4, 0.5) is 5.69 Å². The Bertz CT molecular complexity index is 407. The number of rotatable bonds is 8. The van der Waals surface area contributed by atoms with Gasteiger partial charge in [0.2, 0.25) is 0 Å². The van der Waals surface area contributed by atoms with Crippen molar-refractivity contribution in [2.24, 2.45) is 0 Å². The molecule has 0 fully saturated rings. The Morgan fingerprint density at radius 1 is 1.06 bits per heavy atom. The topological polar surface area (TPSA) is 6.48 Å². The number of nitrogens with zero attached hydrogens (tertiary/aromatic N) is 2. The first kappa shape index (κ1) is 14.7. The molecule has 2 nitrogen and oxygen atoms in total. The van der Waals surface area contributed by atoms with Crippen molar-refractivity contribution in [1.29, 1.82) is 0 Å². The summed E-state index contributed by atoms with van der Waals surface area (Å²) in [5, 5.41) is 0. The Balaban J connectivity index is 2.18.